The molecule has 2 aromatic rings. The summed E-state index contributed by atoms with van der Waals surface area (Å²) in [6.07, 6.45) is 1.22. The topological polar surface area (TPSA) is 86.7 Å². The fraction of sp³-hybridized carbons (Fsp3) is 0.417. The van der Waals surface area contributed by atoms with Gasteiger partial charge in [-0.1, -0.05) is 42.5 Å². The molecule has 3 atom stereocenters. The van der Waals surface area contributed by atoms with Crippen LogP contribution in [0.3, 0.4) is 0 Å². The van der Waals surface area contributed by atoms with E-state index in [0.29, 0.717) is 13.0 Å². The summed E-state index contributed by atoms with van der Waals surface area (Å²) in [6, 6.07) is 15.5. The second kappa shape index (κ2) is 8.41. The highest BCUT2D eigenvalue weighted by Gasteiger charge is 2.63. The van der Waals surface area contributed by atoms with Crippen molar-refractivity contribution in [1.29, 1.82) is 0 Å². The summed E-state index contributed by atoms with van der Waals surface area (Å²) in [6.45, 7) is 5.99. The zero-order valence-corrected chi connectivity index (χ0v) is 19.6. The number of hydrogen-bond acceptors (Lipinski definition) is 6. The lowest BCUT2D eigenvalue weighted by molar-refractivity contribution is -0.168. The van der Waals surface area contributed by atoms with Crippen LogP contribution in [0, 0.1) is 0 Å². The first-order valence-electron chi connectivity index (χ1n) is 10.7. The van der Waals surface area contributed by atoms with Gasteiger partial charge in [-0.15, -0.1) is 6.58 Å². The molecule has 4 rings (SSSR count). The fourth-order valence-electron chi connectivity index (χ4n) is 4.84. The average Bonchev–Trinajstić information content (AvgIpc) is 2.95. The molecule has 2 aromatic carbocycles. The SMILES string of the molecule is C=C[C@H]1CC(S(=O)(=O)c2ccccc2)(S(=O)(=O)c2ccccc2)C[C@@]2(C)OCCC[C@@H]2O1. The molecule has 172 valence electrons. The molecule has 0 aromatic heterocycles. The van der Waals surface area contributed by atoms with Gasteiger partial charge in [-0.2, -0.15) is 0 Å². The standard InChI is InChI=1S/C24H28O6S2/c1-3-19-17-24(31(25,26)20-11-6-4-7-12-20,32(27,28)21-13-8-5-9-14-21)18-23(2)22(30-19)15-10-16-29-23/h3-9,11-14,19,22H,1,10,15-18H2,2H3/t19-,22-,23+/m0/s1. The second-order valence-corrected chi connectivity index (χ2v) is 13.4. The van der Waals surface area contributed by atoms with Crippen molar-refractivity contribution in [2.45, 2.75) is 64.3 Å². The van der Waals surface area contributed by atoms with Crippen LogP contribution in [-0.2, 0) is 29.1 Å². The van der Waals surface area contributed by atoms with Gasteiger partial charge < -0.3 is 9.47 Å². The Morgan fingerprint density at radius 3 is 1.97 bits per heavy atom. The van der Waals surface area contributed by atoms with Gasteiger partial charge in [-0.05, 0) is 44.0 Å². The lowest BCUT2D eigenvalue weighted by Crippen LogP contribution is -2.55. The van der Waals surface area contributed by atoms with Gasteiger partial charge in [-0.25, -0.2) is 16.8 Å². The second-order valence-electron chi connectivity index (χ2n) is 8.63. The van der Waals surface area contributed by atoms with Crippen LogP contribution in [0.15, 0.2) is 83.1 Å². The van der Waals surface area contributed by atoms with Crippen molar-refractivity contribution < 1.29 is 26.3 Å². The molecule has 0 aliphatic carbocycles. The highest BCUT2D eigenvalue weighted by Crippen LogP contribution is 2.50. The Morgan fingerprint density at radius 2 is 1.47 bits per heavy atom. The van der Waals surface area contributed by atoms with E-state index in [1.165, 1.54) is 30.3 Å². The van der Waals surface area contributed by atoms with Crippen molar-refractivity contribution in [2.75, 3.05) is 6.61 Å². The molecule has 0 bridgehead atoms. The molecule has 0 N–H and O–H groups in total. The Hall–Kier alpha value is -2.00. The maximum Gasteiger partial charge on any atom is 0.199 e. The predicted molar refractivity (Wildman–Crippen MR) is 122 cm³/mol. The van der Waals surface area contributed by atoms with Crippen LogP contribution in [-0.4, -0.2) is 45.3 Å². The summed E-state index contributed by atoms with van der Waals surface area (Å²) >= 11 is 0. The molecule has 2 aliphatic heterocycles. The van der Waals surface area contributed by atoms with E-state index >= 15 is 0 Å². The normalized spacial score (nSPS) is 28.3. The zero-order valence-electron chi connectivity index (χ0n) is 18.0. The van der Waals surface area contributed by atoms with Gasteiger partial charge >= 0.3 is 0 Å². The lowest BCUT2D eigenvalue weighted by Gasteiger charge is -2.43. The maximum atomic E-state index is 14.2. The molecule has 0 spiro atoms. The summed E-state index contributed by atoms with van der Waals surface area (Å²) in [5.74, 6) is 0. The number of fused-ring (bicyclic) bond motifs is 1. The van der Waals surface area contributed by atoms with E-state index in [1.807, 2.05) is 0 Å². The summed E-state index contributed by atoms with van der Waals surface area (Å²) in [5.41, 5.74) is -1.08. The van der Waals surface area contributed by atoms with E-state index in [-0.39, 0.29) is 22.6 Å². The lowest BCUT2D eigenvalue weighted by atomic mass is 9.88. The Morgan fingerprint density at radius 1 is 0.938 bits per heavy atom. The minimum Gasteiger partial charge on any atom is -0.372 e. The number of benzene rings is 2. The van der Waals surface area contributed by atoms with Gasteiger partial charge in [0.15, 0.2) is 23.8 Å². The molecule has 0 saturated carbocycles. The third-order valence-corrected chi connectivity index (χ3v) is 12.2. The van der Waals surface area contributed by atoms with Crippen LogP contribution in [0.4, 0.5) is 0 Å². The summed E-state index contributed by atoms with van der Waals surface area (Å²) in [7, 11) is -8.76. The number of rotatable bonds is 5. The fourth-order valence-corrected chi connectivity index (χ4v) is 10.2. The van der Waals surface area contributed by atoms with Crippen LogP contribution in [0.1, 0.15) is 32.6 Å². The molecule has 2 aliphatic rings. The zero-order chi connectivity index (χ0) is 23.0. The van der Waals surface area contributed by atoms with Crippen LogP contribution in [0.2, 0.25) is 0 Å². The van der Waals surface area contributed by atoms with Crippen LogP contribution in [0.5, 0.6) is 0 Å². The van der Waals surface area contributed by atoms with Gasteiger partial charge in [0.05, 0.1) is 27.6 Å². The Labute approximate surface area is 190 Å². The van der Waals surface area contributed by atoms with Crippen molar-refractivity contribution in [3.05, 3.63) is 73.3 Å². The highest BCUT2D eigenvalue weighted by molar-refractivity contribution is 8.10. The largest absolute Gasteiger partial charge is 0.372 e. The predicted octanol–water partition coefficient (Wildman–Crippen LogP) is 3.93. The molecular formula is C24H28O6S2. The molecule has 2 fully saturated rings. The smallest absolute Gasteiger partial charge is 0.199 e. The molecule has 0 amide bonds. The molecule has 2 heterocycles. The van der Waals surface area contributed by atoms with Crippen molar-refractivity contribution in [2.24, 2.45) is 0 Å². The molecule has 0 radical (unpaired) electrons. The molecule has 0 unspecified atom stereocenters. The van der Waals surface area contributed by atoms with E-state index in [1.54, 1.807) is 43.3 Å². The van der Waals surface area contributed by atoms with Gasteiger partial charge in [0.1, 0.15) is 0 Å². The number of sulfone groups is 2. The summed E-state index contributed by atoms with van der Waals surface area (Å²) < 4.78 is 67.0. The quantitative estimate of drug-likeness (QED) is 0.608. The monoisotopic (exact) mass is 476 g/mol. The van der Waals surface area contributed by atoms with Crippen molar-refractivity contribution in [1.82, 2.24) is 0 Å². The molecule has 8 heteroatoms. The molecule has 6 nitrogen and oxygen atoms in total. The molecule has 32 heavy (non-hydrogen) atoms. The first-order chi connectivity index (χ1) is 15.2. The van der Waals surface area contributed by atoms with Crippen LogP contribution < -0.4 is 0 Å². The third kappa shape index (κ3) is 3.63. The molecular weight excluding hydrogens is 448 g/mol. The van der Waals surface area contributed by atoms with E-state index in [9.17, 15) is 16.8 Å². The first-order valence-corrected chi connectivity index (χ1v) is 13.6. The van der Waals surface area contributed by atoms with E-state index < -0.39 is 41.6 Å². The Balaban J connectivity index is 2.02. The van der Waals surface area contributed by atoms with Crippen molar-refractivity contribution in [3.63, 3.8) is 0 Å². The minimum atomic E-state index is -4.38. The van der Waals surface area contributed by atoms with Gasteiger partial charge in [0.25, 0.3) is 0 Å². The van der Waals surface area contributed by atoms with Crippen molar-refractivity contribution in [3.8, 4) is 0 Å². The Kier molecular flexibility index (Phi) is 6.09. The number of ether oxygens (including phenoxy) is 2. The van der Waals surface area contributed by atoms with Gasteiger partial charge in [0, 0.05) is 19.4 Å². The van der Waals surface area contributed by atoms with Crippen LogP contribution in [0.25, 0.3) is 0 Å². The maximum absolute atomic E-state index is 14.2. The van der Waals surface area contributed by atoms with Crippen molar-refractivity contribution >= 4 is 19.7 Å². The van der Waals surface area contributed by atoms with Gasteiger partial charge in [0.2, 0.25) is 0 Å². The Bertz CT molecular complexity index is 1110. The van der Waals surface area contributed by atoms with E-state index in [0.717, 1.165) is 6.42 Å². The first kappa shape index (κ1) is 23.2. The van der Waals surface area contributed by atoms with E-state index in [4.69, 9.17) is 9.47 Å². The number of hydrogen-bond donors (Lipinski definition) is 0. The van der Waals surface area contributed by atoms with Crippen LogP contribution >= 0.6 is 0 Å². The van der Waals surface area contributed by atoms with Gasteiger partial charge in [-0.3, -0.25) is 0 Å². The van der Waals surface area contributed by atoms with E-state index in [2.05, 4.69) is 6.58 Å². The minimum absolute atomic E-state index is 0.0415. The third-order valence-electron chi connectivity index (χ3n) is 6.54. The summed E-state index contributed by atoms with van der Waals surface area (Å²) in [4.78, 5) is -0.0830. The highest BCUT2D eigenvalue weighted by atomic mass is 32.3. The summed E-state index contributed by atoms with van der Waals surface area (Å²) in [5, 5.41) is 0. The molecule has 2 saturated heterocycles. The average molecular weight is 477 g/mol.